The Labute approximate surface area is 208 Å². The Morgan fingerprint density at radius 3 is 2.70 bits per heavy atom. The summed E-state index contributed by atoms with van der Waals surface area (Å²) < 4.78 is 55.7. The SMILES string of the molecule is O=CC1NN=C(Cc2ccc(F)c(C(=O)N3CCn4c(C(F)(F)F)nc(CO)c4C3)c2)c2ccccc21. The number of amides is 1. The van der Waals surface area contributed by atoms with E-state index in [0.29, 0.717) is 11.3 Å². The van der Waals surface area contributed by atoms with Gasteiger partial charge in [-0.1, -0.05) is 30.3 Å². The highest BCUT2D eigenvalue weighted by Crippen LogP contribution is 2.33. The Balaban J connectivity index is 1.40. The van der Waals surface area contributed by atoms with Crippen molar-refractivity contribution in [3.05, 3.63) is 87.7 Å². The first kappa shape index (κ1) is 24.6. The Kier molecular flexibility index (Phi) is 6.28. The maximum absolute atomic E-state index is 14.8. The molecule has 5 rings (SSSR count). The molecule has 2 aliphatic heterocycles. The molecule has 0 radical (unpaired) electrons. The van der Waals surface area contributed by atoms with Gasteiger partial charge in [-0.2, -0.15) is 18.3 Å². The van der Waals surface area contributed by atoms with Crippen LogP contribution in [0.1, 0.15) is 50.3 Å². The maximum Gasteiger partial charge on any atom is 0.449 e. The summed E-state index contributed by atoms with van der Waals surface area (Å²) in [7, 11) is 0. The minimum Gasteiger partial charge on any atom is -0.390 e. The van der Waals surface area contributed by atoms with Gasteiger partial charge in [-0.15, -0.1) is 0 Å². The second-order valence-electron chi connectivity index (χ2n) is 8.74. The Morgan fingerprint density at radius 1 is 1.19 bits per heavy atom. The third kappa shape index (κ3) is 4.48. The molecule has 3 heterocycles. The van der Waals surface area contributed by atoms with E-state index in [9.17, 15) is 32.3 Å². The number of carbonyl (C=O) groups is 2. The molecule has 12 heteroatoms. The van der Waals surface area contributed by atoms with E-state index in [4.69, 9.17) is 0 Å². The van der Waals surface area contributed by atoms with Gasteiger partial charge in [0.05, 0.1) is 35.8 Å². The number of rotatable bonds is 5. The lowest BCUT2D eigenvalue weighted by atomic mass is 9.92. The van der Waals surface area contributed by atoms with Crippen molar-refractivity contribution >= 4 is 17.9 Å². The van der Waals surface area contributed by atoms with Gasteiger partial charge in [-0.25, -0.2) is 9.37 Å². The van der Waals surface area contributed by atoms with Crippen molar-refractivity contribution in [3.8, 4) is 0 Å². The van der Waals surface area contributed by atoms with Crippen molar-refractivity contribution in [2.75, 3.05) is 6.54 Å². The summed E-state index contributed by atoms with van der Waals surface area (Å²) in [6, 6.07) is 10.7. The fraction of sp³-hybridized carbons (Fsp3) is 0.280. The van der Waals surface area contributed by atoms with Crippen LogP contribution in [0.5, 0.6) is 0 Å². The van der Waals surface area contributed by atoms with Crippen molar-refractivity contribution in [2.24, 2.45) is 5.10 Å². The second-order valence-corrected chi connectivity index (χ2v) is 8.74. The first-order valence-electron chi connectivity index (χ1n) is 11.4. The van der Waals surface area contributed by atoms with Gasteiger partial charge in [-0.05, 0) is 23.3 Å². The van der Waals surface area contributed by atoms with Gasteiger partial charge >= 0.3 is 6.18 Å². The van der Waals surface area contributed by atoms with E-state index in [1.165, 1.54) is 17.0 Å². The molecule has 1 unspecified atom stereocenters. The number of aliphatic hydroxyl groups is 1. The Hall–Kier alpha value is -4.06. The number of nitrogens with zero attached hydrogens (tertiary/aromatic N) is 4. The Morgan fingerprint density at radius 2 is 1.97 bits per heavy atom. The molecular formula is C25H21F4N5O3. The normalized spacial score (nSPS) is 16.9. The van der Waals surface area contributed by atoms with Crippen LogP contribution in [0.4, 0.5) is 17.6 Å². The van der Waals surface area contributed by atoms with Crippen molar-refractivity contribution < 1.29 is 32.3 Å². The lowest BCUT2D eigenvalue weighted by Gasteiger charge is -2.30. The van der Waals surface area contributed by atoms with Crippen LogP contribution < -0.4 is 5.43 Å². The smallest absolute Gasteiger partial charge is 0.390 e. The number of aromatic nitrogens is 2. The van der Waals surface area contributed by atoms with E-state index in [1.54, 1.807) is 6.07 Å². The molecule has 37 heavy (non-hydrogen) atoms. The topological polar surface area (TPSA) is 99.8 Å². The summed E-state index contributed by atoms with van der Waals surface area (Å²) in [4.78, 5) is 29.4. The molecule has 2 aliphatic rings. The van der Waals surface area contributed by atoms with Gasteiger partial charge in [0.25, 0.3) is 5.91 Å². The van der Waals surface area contributed by atoms with E-state index in [2.05, 4.69) is 15.5 Å². The molecule has 192 valence electrons. The zero-order chi connectivity index (χ0) is 26.3. The molecule has 3 aromatic rings. The lowest BCUT2D eigenvalue weighted by Crippen LogP contribution is -2.39. The molecule has 8 nitrogen and oxygen atoms in total. The number of hydrogen-bond acceptors (Lipinski definition) is 6. The van der Waals surface area contributed by atoms with Crippen LogP contribution in [0.2, 0.25) is 0 Å². The molecule has 1 amide bonds. The van der Waals surface area contributed by atoms with Crippen molar-refractivity contribution in [3.63, 3.8) is 0 Å². The predicted molar refractivity (Wildman–Crippen MR) is 123 cm³/mol. The number of benzene rings is 2. The monoisotopic (exact) mass is 515 g/mol. The predicted octanol–water partition coefficient (Wildman–Crippen LogP) is 2.98. The fourth-order valence-corrected chi connectivity index (χ4v) is 4.71. The van der Waals surface area contributed by atoms with Crippen LogP contribution in [0.25, 0.3) is 0 Å². The largest absolute Gasteiger partial charge is 0.449 e. The van der Waals surface area contributed by atoms with Crippen molar-refractivity contribution in [1.29, 1.82) is 0 Å². The van der Waals surface area contributed by atoms with Crippen LogP contribution in [0.15, 0.2) is 47.6 Å². The van der Waals surface area contributed by atoms with E-state index >= 15 is 0 Å². The second kappa shape index (κ2) is 9.43. The molecule has 0 saturated carbocycles. The van der Waals surface area contributed by atoms with Crippen LogP contribution in [0, 0.1) is 5.82 Å². The minimum absolute atomic E-state index is 0.0648. The highest BCUT2D eigenvalue weighted by atomic mass is 19.4. The summed E-state index contributed by atoms with van der Waals surface area (Å²) in [5.41, 5.74) is 5.16. The van der Waals surface area contributed by atoms with Gasteiger partial charge in [-0.3, -0.25) is 10.2 Å². The van der Waals surface area contributed by atoms with Crippen LogP contribution >= 0.6 is 0 Å². The minimum atomic E-state index is -4.71. The van der Waals surface area contributed by atoms with Gasteiger partial charge in [0.1, 0.15) is 18.1 Å². The molecule has 0 fully saturated rings. The van der Waals surface area contributed by atoms with E-state index in [-0.39, 0.29) is 43.0 Å². The highest BCUT2D eigenvalue weighted by molar-refractivity contribution is 6.04. The molecular weight excluding hydrogens is 494 g/mol. The third-order valence-electron chi connectivity index (χ3n) is 6.49. The van der Waals surface area contributed by atoms with Gasteiger partial charge in [0, 0.05) is 25.1 Å². The maximum atomic E-state index is 14.8. The zero-order valence-corrected chi connectivity index (χ0v) is 19.3. The van der Waals surface area contributed by atoms with Crippen molar-refractivity contribution in [1.82, 2.24) is 19.9 Å². The number of hydrazone groups is 1. The molecule has 0 spiro atoms. The molecule has 2 aromatic carbocycles. The van der Waals surface area contributed by atoms with Gasteiger partial charge in [0.15, 0.2) is 0 Å². The number of imidazole rings is 1. The van der Waals surface area contributed by atoms with E-state index < -0.39 is 36.4 Å². The number of nitrogens with one attached hydrogen (secondary N) is 1. The van der Waals surface area contributed by atoms with Crippen LogP contribution in [0.3, 0.4) is 0 Å². The number of alkyl halides is 3. The summed E-state index contributed by atoms with van der Waals surface area (Å²) >= 11 is 0. The summed E-state index contributed by atoms with van der Waals surface area (Å²) in [5, 5.41) is 13.8. The third-order valence-corrected chi connectivity index (χ3v) is 6.49. The molecule has 2 N–H and O–H groups in total. The molecule has 1 aromatic heterocycles. The number of aliphatic hydroxyl groups excluding tert-OH is 1. The summed E-state index contributed by atoms with van der Waals surface area (Å²) in [6.07, 6.45) is -3.72. The fourth-order valence-electron chi connectivity index (χ4n) is 4.71. The van der Waals surface area contributed by atoms with Crippen LogP contribution in [-0.4, -0.2) is 44.0 Å². The number of aldehydes is 1. The number of carbonyl (C=O) groups excluding carboxylic acids is 2. The van der Waals surface area contributed by atoms with Crippen molar-refractivity contribution in [2.45, 2.75) is 38.3 Å². The molecule has 1 atom stereocenters. The molecule has 0 bridgehead atoms. The summed E-state index contributed by atoms with van der Waals surface area (Å²) in [6.45, 7) is -1.25. The number of halogens is 4. The molecule has 0 aliphatic carbocycles. The quantitative estimate of drug-likeness (QED) is 0.402. The average molecular weight is 515 g/mol. The lowest BCUT2D eigenvalue weighted by molar-refractivity contribution is -0.147. The Bertz CT molecular complexity index is 1420. The van der Waals surface area contributed by atoms with Crippen LogP contribution in [-0.2, 0) is 37.1 Å². The molecule has 0 saturated heterocycles. The first-order valence-corrected chi connectivity index (χ1v) is 11.4. The van der Waals surface area contributed by atoms with Gasteiger partial charge < -0.3 is 19.4 Å². The highest BCUT2D eigenvalue weighted by Gasteiger charge is 2.40. The standard InChI is InChI=1S/C25H21F4N5O3/c26-18-6-5-14(10-19-15-3-1-2-4-16(15)20(12-35)32-31-19)9-17(18)23(37)33-7-8-34-22(11-33)21(13-36)30-24(34)25(27,28)29/h1-6,9,12,20,32,36H,7-8,10-11,13H2. The van der Waals surface area contributed by atoms with E-state index in [1.807, 2.05) is 18.2 Å². The number of hydrogen-bond donors (Lipinski definition) is 2. The van der Waals surface area contributed by atoms with Gasteiger partial charge in [0.2, 0.25) is 5.82 Å². The number of fused-ring (bicyclic) bond motifs is 2. The first-order chi connectivity index (χ1) is 17.7. The zero-order valence-electron chi connectivity index (χ0n) is 19.3. The average Bonchev–Trinajstić information content (AvgIpc) is 3.28. The van der Waals surface area contributed by atoms with E-state index in [0.717, 1.165) is 28.0 Å². The summed E-state index contributed by atoms with van der Waals surface area (Å²) in [5.74, 6) is -2.59.